The summed E-state index contributed by atoms with van der Waals surface area (Å²) in [6.45, 7) is 0. The van der Waals surface area contributed by atoms with E-state index in [1.807, 2.05) is 0 Å². The van der Waals surface area contributed by atoms with E-state index in [0.29, 0.717) is 16.7 Å². The van der Waals surface area contributed by atoms with Gasteiger partial charge in [-0.25, -0.2) is 0 Å². The van der Waals surface area contributed by atoms with Crippen molar-refractivity contribution in [2.24, 2.45) is 40.9 Å². The van der Waals surface area contributed by atoms with Crippen molar-refractivity contribution >= 4 is 11.6 Å². The maximum absolute atomic E-state index is 11.4. The van der Waals surface area contributed by atoms with Crippen LogP contribution in [0.25, 0.3) is 0 Å². The highest BCUT2D eigenvalue weighted by molar-refractivity contribution is 6.20. The third kappa shape index (κ3) is 5.28. The van der Waals surface area contributed by atoms with Gasteiger partial charge >= 0.3 is 0 Å². The second-order valence-corrected chi connectivity index (χ2v) is 14.2. The third-order valence-corrected chi connectivity index (χ3v) is 12.4. The molecule has 5 fully saturated rings. The molecule has 0 aromatic carbocycles. The molecule has 0 heterocycles. The number of halogens is 1. The van der Waals surface area contributed by atoms with E-state index in [1.54, 1.807) is 0 Å². The van der Waals surface area contributed by atoms with Crippen LogP contribution in [0.3, 0.4) is 0 Å². The lowest BCUT2D eigenvalue weighted by atomic mass is 9.43. The summed E-state index contributed by atoms with van der Waals surface area (Å²) >= 11 is 6.76. The van der Waals surface area contributed by atoms with Gasteiger partial charge in [-0.05, 0) is 105 Å². The van der Waals surface area contributed by atoms with Crippen LogP contribution in [0.4, 0.5) is 0 Å². The van der Waals surface area contributed by atoms with Gasteiger partial charge in [-0.3, -0.25) is 0 Å². The molecule has 5 aliphatic rings. The molecule has 5 unspecified atom stereocenters. The van der Waals surface area contributed by atoms with Gasteiger partial charge in [-0.15, -0.1) is 11.6 Å². The summed E-state index contributed by atoms with van der Waals surface area (Å²) in [4.78, 5) is 0. The zero-order chi connectivity index (χ0) is 23.4. The highest BCUT2D eigenvalue weighted by atomic mass is 35.5. The molecule has 5 rings (SSSR count). The normalized spacial score (nSPS) is 44.3. The van der Waals surface area contributed by atoms with Crippen LogP contribution in [-0.2, 0) is 0 Å². The van der Waals surface area contributed by atoms with Gasteiger partial charge in [0.05, 0.1) is 6.10 Å². The summed E-state index contributed by atoms with van der Waals surface area (Å²) < 4.78 is 0. The molecular weight excluding hydrogens is 436 g/mol. The molecule has 1 N–H and O–H groups in total. The van der Waals surface area contributed by atoms with Gasteiger partial charge in [-0.1, -0.05) is 83.5 Å². The van der Waals surface area contributed by atoms with E-state index in [-0.39, 0.29) is 6.10 Å². The zero-order valence-electron chi connectivity index (χ0n) is 22.2. The summed E-state index contributed by atoms with van der Waals surface area (Å²) in [6, 6.07) is 0. The minimum atomic E-state index is -0.0217. The summed E-state index contributed by atoms with van der Waals surface area (Å²) in [7, 11) is 0. The zero-order valence-corrected chi connectivity index (χ0v) is 23.0. The van der Waals surface area contributed by atoms with Gasteiger partial charge in [-0.2, -0.15) is 0 Å². The molecule has 0 amide bonds. The first-order valence-electron chi connectivity index (χ1n) is 16.0. The van der Waals surface area contributed by atoms with Crippen LogP contribution in [0, 0.1) is 40.9 Å². The predicted molar refractivity (Wildman–Crippen MR) is 145 cm³/mol. The number of hydrogen-bond donors (Lipinski definition) is 1. The van der Waals surface area contributed by atoms with E-state index in [0.717, 1.165) is 36.0 Å². The van der Waals surface area contributed by atoms with E-state index >= 15 is 0 Å². The molecular formula is C32H55ClO. The number of aliphatic hydroxyl groups is 1. The fourth-order valence-corrected chi connectivity index (χ4v) is 11.0. The van der Waals surface area contributed by atoms with E-state index in [2.05, 4.69) is 0 Å². The molecule has 0 aliphatic heterocycles. The van der Waals surface area contributed by atoms with Crippen LogP contribution in [0.1, 0.15) is 148 Å². The number of hydrogen-bond acceptors (Lipinski definition) is 1. The standard InChI is InChI=1S/C32H55ClO/c33-27-22-20-26(21-23-27)32(25-14-7-3-8-15-25)29(24-12-5-1-2-6-13-24)17-9-4-10-18-30(32)28-16-11-19-31(28)34/h24-31,34H,1-23H2. The molecule has 0 saturated heterocycles. The van der Waals surface area contributed by atoms with Crippen LogP contribution >= 0.6 is 11.6 Å². The van der Waals surface area contributed by atoms with Crippen molar-refractivity contribution in [2.75, 3.05) is 0 Å². The minimum Gasteiger partial charge on any atom is -0.393 e. The molecule has 1 nitrogen and oxygen atoms in total. The molecule has 0 bridgehead atoms. The maximum atomic E-state index is 11.4. The van der Waals surface area contributed by atoms with E-state index in [4.69, 9.17) is 11.6 Å². The van der Waals surface area contributed by atoms with Crippen molar-refractivity contribution < 1.29 is 5.11 Å². The summed E-state index contributed by atoms with van der Waals surface area (Å²) in [5, 5.41) is 11.8. The lowest BCUT2D eigenvalue weighted by Crippen LogP contribution is -2.56. The van der Waals surface area contributed by atoms with Crippen LogP contribution in [0.5, 0.6) is 0 Å². The fraction of sp³-hybridized carbons (Fsp3) is 1.00. The van der Waals surface area contributed by atoms with E-state index < -0.39 is 0 Å². The average molecular weight is 491 g/mol. The van der Waals surface area contributed by atoms with Crippen LogP contribution in [0.2, 0.25) is 0 Å². The molecule has 196 valence electrons. The molecule has 0 radical (unpaired) electrons. The van der Waals surface area contributed by atoms with Crippen molar-refractivity contribution in [2.45, 2.75) is 159 Å². The third-order valence-electron chi connectivity index (χ3n) is 12.0. The van der Waals surface area contributed by atoms with Crippen molar-refractivity contribution in [3.63, 3.8) is 0 Å². The van der Waals surface area contributed by atoms with Crippen LogP contribution in [0.15, 0.2) is 0 Å². The highest BCUT2D eigenvalue weighted by Crippen LogP contribution is 2.65. The lowest BCUT2D eigenvalue weighted by molar-refractivity contribution is -0.143. The molecule has 5 saturated carbocycles. The minimum absolute atomic E-state index is 0.0217. The molecule has 0 aromatic heterocycles. The maximum Gasteiger partial charge on any atom is 0.0571 e. The van der Waals surface area contributed by atoms with Gasteiger partial charge < -0.3 is 5.11 Å². The molecule has 34 heavy (non-hydrogen) atoms. The Morgan fingerprint density at radius 2 is 1.00 bits per heavy atom. The Kier molecular flexibility index (Phi) is 9.28. The SMILES string of the molecule is OC1CCCC1C1CCCCCC(C2CCCCCC2)C1(C1CCCCC1)C1CCC(Cl)CC1. The Bertz CT molecular complexity index is 598. The number of aliphatic hydroxyl groups excluding tert-OH is 1. The van der Waals surface area contributed by atoms with Gasteiger partial charge in [0.1, 0.15) is 0 Å². The molecule has 5 atom stereocenters. The molecule has 0 spiro atoms. The Morgan fingerprint density at radius 3 is 1.62 bits per heavy atom. The second-order valence-electron chi connectivity index (χ2n) is 13.5. The molecule has 2 heteroatoms. The highest BCUT2D eigenvalue weighted by Gasteiger charge is 2.59. The number of alkyl halides is 1. The Balaban J connectivity index is 1.62. The van der Waals surface area contributed by atoms with Gasteiger partial charge in [0.15, 0.2) is 0 Å². The first-order valence-corrected chi connectivity index (χ1v) is 16.5. The summed E-state index contributed by atoms with van der Waals surface area (Å²) in [5.41, 5.74) is 0.489. The monoisotopic (exact) mass is 490 g/mol. The van der Waals surface area contributed by atoms with Crippen molar-refractivity contribution in [1.82, 2.24) is 0 Å². The van der Waals surface area contributed by atoms with E-state index in [9.17, 15) is 5.11 Å². The Hall–Kier alpha value is 0.250. The lowest BCUT2D eigenvalue weighted by Gasteiger charge is -2.62. The van der Waals surface area contributed by atoms with E-state index in [1.165, 1.54) is 141 Å². The summed E-state index contributed by atoms with van der Waals surface area (Å²) in [6.07, 6.45) is 32.4. The fourth-order valence-electron chi connectivity index (χ4n) is 10.8. The predicted octanol–water partition coefficient (Wildman–Crippen LogP) is 9.68. The molecule has 5 aliphatic carbocycles. The van der Waals surface area contributed by atoms with Crippen molar-refractivity contribution in [3.05, 3.63) is 0 Å². The van der Waals surface area contributed by atoms with Gasteiger partial charge in [0.2, 0.25) is 0 Å². The Labute approximate surface area is 216 Å². The number of rotatable bonds is 4. The topological polar surface area (TPSA) is 20.2 Å². The van der Waals surface area contributed by atoms with Crippen LogP contribution < -0.4 is 0 Å². The van der Waals surface area contributed by atoms with Gasteiger partial charge in [0.25, 0.3) is 0 Å². The molecule has 0 aromatic rings. The summed E-state index contributed by atoms with van der Waals surface area (Å²) in [5.74, 6) is 5.03. The van der Waals surface area contributed by atoms with Crippen molar-refractivity contribution in [1.29, 1.82) is 0 Å². The average Bonchev–Trinajstić information content (AvgIpc) is 3.09. The first-order chi connectivity index (χ1) is 16.7. The van der Waals surface area contributed by atoms with Crippen LogP contribution in [-0.4, -0.2) is 16.6 Å². The second kappa shape index (κ2) is 12.2. The Morgan fingerprint density at radius 1 is 0.471 bits per heavy atom. The van der Waals surface area contributed by atoms with Crippen molar-refractivity contribution in [3.8, 4) is 0 Å². The quantitative estimate of drug-likeness (QED) is 0.307. The largest absolute Gasteiger partial charge is 0.393 e. The first kappa shape index (κ1) is 25.9. The smallest absolute Gasteiger partial charge is 0.0571 e. The van der Waals surface area contributed by atoms with Gasteiger partial charge in [0, 0.05) is 5.38 Å².